The fourth-order valence-corrected chi connectivity index (χ4v) is 5.30. The number of benzene rings is 1. The number of carbonyl (C=O) groups excluding carboxylic acids is 2. The number of carbonyl (C=O) groups is 2. The maximum absolute atomic E-state index is 12.7. The van der Waals surface area contributed by atoms with Crippen molar-refractivity contribution < 1.29 is 27.5 Å². The molecule has 2 rings (SSSR count). The van der Waals surface area contributed by atoms with Crippen LogP contribution in [0.25, 0.3) is 0 Å². The topological polar surface area (TPSA) is 86.7 Å². The van der Waals surface area contributed by atoms with Crippen molar-refractivity contribution in [2.75, 3.05) is 19.0 Å². The Morgan fingerprint density at radius 1 is 1.04 bits per heavy atom. The molecule has 138 valence electrons. The molecule has 0 unspecified atom stereocenters. The van der Waals surface area contributed by atoms with E-state index in [4.69, 9.17) is 21.1 Å². The monoisotopic (exact) mass is 388 g/mol. The molecule has 0 heterocycles. The van der Waals surface area contributed by atoms with Crippen molar-refractivity contribution in [2.24, 2.45) is 5.41 Å². The molecule has 6 nitrogen and oxygen atoms in total. The number of sulfone groups is 1. The molecule has 0 saturated heterocycles. The lowest BCUT2D eigenvalue weighted by atomic mass is 9.99. The highest BCUT2D eigenvalue weighted by molar-refractivity contribution is 7.92. The van der Waals surface area contributed by atoms with Gasteiger partial charge in [0.15, 0.2) is 15.3 Å². The first-order chi connectivity index (χ1) is 11.8. The van der Waals surface area contributed by atoms with Gasteiger partial charge in [-0.25, -0.2) is 8.42 Å². The maximum Gasteiger partial charge on any atom is 0.325 e. The van der Waals surface area contributed by atoms with Gasteiger partial charge in [0.2, 0.25) is 0 Å². The first-order valence-corrected chi connectivity index (χ1v) is 10.2. The molecule has 1 fully saturated rings. The van der Waals surface area contributed by atoms with Crippen molar-refractivity contribution in [1.29, 1.82) is 0 Å². The minimum atomic E-state index is -3.70. The van der Waals surface area contributed by atoms with Crippen LogP contribution < -0.4 is 0 Å². The van der Waals surface area contributed by atoms with Crippen LogP contribution in [-0.4, -0.2) is 44.6 Å². The summed E-state index contributed by atoms with van der Waals surface area (Å²) in [7, 11) is -3.70. The summed E-state index contributed by atoms with van der Waals surface area (Å²) in [5, 5.41) is -0.735. The average molecular weight is 389 g/mol. The number of ether oxygens (including phenoxy) is 2. The van der Waals surface area contributed by atoms with Gasteiger partial charge < -0.3 is 9.47 Å². The molecule has 0 radical (unpaired) electrons. The summed E-state index contributed by atoms with van der Waals surface area (Å²) in [6, 6.07) is 6.41. The van der Waals surface area contributed by atoms with Crippen molar-refractivity contribution in [3.05, 3.63) is 34.9 Å². The third-order valence-electron chi connectivity index (χ3n) is 4.38. The molecule has 1 aromatic rings. The van der Waals surface area contributed by atoms with Gasteiger partial charge in [0.05, 0.1) is 18.5 Å². The second-order valence-corrected chi connectivity index (χ2v) is 8.56. The highest BCUT2D eigenvalue weighted by atomic mass is 35.5. The van der Waals surface area contributed by atoms with E-state index in [1.807, 2.05) is 0 Å². The molecule has 0 aromatic heterocycles. The smallest absolute Gasteiger partial charge is 0.325 e. The predicted octanol–water partition coefficient (Wildman–Crippen LogP) is 2.35. The molecule has 1 aromatic carbocycles. The molecule has 1 saturated carbocycles. The van der Waals surface area contributed by atoms with Gasteiger partial charge in [0.25, 0.3) is 0 Å². The number of hydrogen-bond donors (Lipinski definition) is 0. The molecule has 0 spiro atoms. The number of esters is 2. The van der Waals surface area contributed by atoms with Gasteiger partial charge in [-0.05, 0) is 31.5 Å². The van der Waals surface area contributed by atoms with Crippen molar-refractivity contribution >= 4 is 33.4 Å². The van der Waals surface area contributed by atoms with Crippen molar-refractivity contribution in [3.63, 3.8) is 0 Å². The lowest BCUT2D eigenvalue weighted by molar-refractivity contribution is -0.164. The molecule has 0 amide bonds. The zero-order valence-electron chi connectivity index (χ0n) is 14.3. The van der Waals surface area contributed by atoms with Gasteiger partial charge in [-0.1, -0.05) is 30.7 Å². The molecule has 0 aliphatic heterocycles. The van der Waals surface area contributed by atoms with E-state index >= 15 is 0 Å². The van der Waals surface area contributed by atoms with Crippen LogP contribution in [0.1, 0.15) is 32.3 Å². The maximum atomic E-state index is 12.7. The Labute approximate surface area is 152 Å². The van der Waals surface area contributed by atoms with Crippen LogP contribution in [0.15, 0.2) is 24.3 Å². The summed E-state index contributed by atoms with van der Waals surface area (Å²) < 4.78 is 35.3. The predicted molar refractivity (Wildman–Crippen MR) is 93.1 cm³/mol. The second-order valence-electron chi connectivity index (χ2n) is 5.71. The summed E-state index contributed by atoms with van der Waals surface area (Å²) in [5.41, 5.74) is -1.33. The van der Waals surface area contributed by atoms with E-state index < -0.39 is 38.4 Å². The Bertz CT molecular complexity index is 738. The van der Waals surface area contributed by atoms with Gasteiger partial charge in [-0.3, -0.25) is 9.59 Å². The Balaban J connectivity index is 2.61. The molecule has 1 aliphatic carbocycles. The minimum Gasteiger partial charge on any atom is -0.465 e. The van der Waals surface area contributed by atoms with Crippen molar-refractivity contribution in [1.82, 2.24) is 0 Å². The SMILES string of the molecule is CCOC(=O)C1(C(=O)OCC)[C@H](c2ccc(Cl)cc2)[C@@H]1S(=O)(=O)CC. The fourth-order valence-electron chi connectivity index (χ4n) is 3.20. The van der Waals surface area contributed by atoms with Crippen LogP contribution >= 0.6 is 11.6 Å². The van der Waals surface area contributed by atoms with Gasteiger partial charge in [0.1, 0.15) is 0 Å². The first-order valence-electron chi connectivity index (χ1n) is 8.08. The second kappa shape index (κ2) is 7.33. The normalized spacial score (nSPS) is 21.4. The molecule has 25 heavy (non-hydrogen) atoms. The number of halogens is 1. The Hall–Kier alpha value is -1.60. The number of rotatable bonds is 7. The lowest BCUT2D eigenvalue weighted by Gasteiger charge is -2.15. The zero-order chi connectivity index (χ0) is 18.8. The van der Waals surface area contributed by atoms with Gasteiger partial charge in [-0.15, -0.1) is 0 Å². The summed E-state index contributed by atoms with van der Waals surface area (Å²) in [4.78, 5) is 25.3. The third kappa shape index (κ3) is 3.27. The van der Waals surface area contributed by atoms with Crippen LogP contribution in [0.3, 0.4) is 0 Å². The molecule has 8 heteroatoms. The van der Waals surface area contributed by atoms with E-state index in [9.17, 15) is 18.0 Å². The molecular formula is C17H21ClO6S. The molecule has 1 aliphatic rings. The molecule has 2 atom stereocenters. The van der Waals surface area contributed by atoms with Crippen LogP contribution in [0, 0.1) is 5.41 Å². The summed E-state index contributed by atoms with van der Waals surface area (Å²) in [5.74, 6) is -2.78. The van der Waals surface area contributed by atoms with Gasteiger partial charge in [0, 0.05) is 16.7 Å². The summed E-state index contributed by atoms with van der Waals surface area (Å²) in [6.45, 7) is 4.74. The highest BCUT2D eigenvalue weighted by Gasteiger charge is 2.81. The minimum absolute atomic E-state index is 0.0339. The lowest BCUT2D eigenvalue weighted by Crippen LogP contribution is -2.36. The Morgan fingerprint density at radius 2 is 1.52 bits per heavy atom. The van der Waals surface area contributed by atoms with Crippen LogP contribution in [0.2, 0.25) is 5.02 Å². The summed E-state index contributed by atoms with van der Waals surface area (Å²) >= 11 is 5.88. The molecule has 0 bridgehead atoms. The number of hydrogen-bond acceptors (Lipinski definition) is 6. The van der Waals surface area contributed by atoms with Crippen LogP contribution in [-0.2, 0) is 28.9 Å². The van der Waals surface area contributed by atoms with Crippen LogP contribution in [0.4, 0.5) is 0 Å². The molecule has 0 N–H and O–H groups in total. The van der Waals surface area contributed by atoms with E-state index in [1.54, 1.807) is 38.1 Å². The first kappa shape index (κ1) is 19.7. The fraction of sp³-hybridized carbons (Fsp3) is 0.529. The van der Waals surface area contributed by atoms with E-state index in [1.165, 1.54) is 6.92 Å². The Kier molecular flexibility index (Phi) is 5.79. The van der Waals surface area contributed by atoms with Crippen molar-refractivity contribution in [3.8, 4) is 0 Å². The largest absolute Gasteiger partial charge is 0.465 e. The van der Waals surface area contributed by atoms with Crippen LogP contribution in [0.5, 0.6) is 0 Å². The Morgan fingerprint density at radius 3 is 1.92 bits per heavy atom. The zero-order valence-corrected chi connectivity index (χ0v) is 15.9. The highest BCUT2D eigenvalue weighted by Crippen LogP contribution is 2.64. The quantitative estimate of drug-likeness (QED) is 0.526. The standard InChI is InChI=1S/C17H21ClO6S/c1-4-23-15(19)17(16(20)24-5-2)13(14(17)25(21,22)6-3)11-7-9-12(18)10-8-11/h7-10,13-14H,4-6H2,1-3H3/t13-,14+/m1/s1. The van der Waals surface area contributed by atoms with E-state index in [-0.39, 0.29) is 19.0 Å². The van der Waals surface area contributed by atoms with E-state index in [0.29, 0.717) is 10.6 Å². The van der Waals surface area contributed by atoms with Gasteiger partial charge in [-0.2, -0.15) is 0 Å². The third-order valence-corrected chi connectivity index (χ3v) is 6.85. The molecular weight excluding hydrogens is 368 g/mol. The van der Waals surface area contributed by atoms with E-state index in [0.717, 1.165) is 0 Å². The van der Waals surface area contributed by atoms with Gasteiger partial charge >= 0.3 is 11.9 Å². The van der Waals surface area contributed by atoms with E-state index in [2.05, 4.69) is 0 Å². The average Bonchev–Trinajstić information content (AvgIpc) is 3.28. The van der Waals surface area contributed by atoms with Crippen molar-refractivity contribution in [2.45, 2.75) is 31.9 Å². The summed E-state index contributed by atoms with van der Waals surface area (Å²) in [6.07, 6.45) is 0.